The summed E-state index contributed by atoms with van der Waals surface area (Å²) in [6, 6.07) is 6.23. The van der Waals surface area contributed by atoms with Crippen LogP contribution < -0.4 is 10.1 Å². The maximum Gasteiger partial charge on any atom is 0.124 e. The zero-order valence-corrected chi connectivity index (χ0v) is 11.3. The van der Waals surface area contributed by atoms with Gasteiger partial charge in [0.2, 0.25) is 0 Å². The monoisotopic (exact) mass is 253 g/mol. The third kappa shape index (κ3) is 5.24. The van der Waals surface area contributed by atoms with E-state index in [0.29, 0.717) is 6.61 Å². The van der Waals surface area contributed by atoms with Crippen LogP contribution in [0.3, 0.4) is 0 Å². The first-order chi connectivity index (χ1) is 8.27. The number of hydrogen-bond donors (Lipinski definition) is 1. The van der Waals surface area contributed by atoms with E-state index >= 15 is 0 Å². The van der Waals surface area contributed by atoms with Gasteiger partial charge in [-0.1, -0.05) is 36.2 Å². The Morgan fingerprint density at radius 3 is 2.94 bits per heavy atom. The Morgan fingerprint density at radius 1 is 1.41 bits per heavy atom. The van der Waals surface area contributed by atoms with Gasteiger partial charge in [-0.05, 0) is 32.0 Å². The van der Waals surface area contributed by atoms with Crippen molar-refractivity contribution in [3.8, 4) is 5.75 Å². The summed E-state index contributed by atoms with van der Waals surface area (Å²) in [4.78, 5) is 0. The van der Waals surface area contributed by atoms with Crippen LogP contribution >= 0.6 is 11.6 Å². The standard InChI is InChI=1S/C14H20ClNO/c1-3-8-16-11-13-10-12(2)5-6-14(13)17-9-4-7-15/h4-7,10,16H,3,8-9,11H2,1-2H3/b7-4+. The number of aryl methyl sites for hydroxylation is 1. The van der Waals surface area contributed by atoms with Gasteiger partial charge < -0.3 is 10.1 Å². The summed E-state index contributed by atoms with van der Waals surface area (Å²) in [5.74, 6) is 0.925. The summed E-state index contributed by atoms with van der Waals surface area (Å²) in [6.45, 7) is 6.62. The summed E-state index contributed by atoms with van der Waals surface area (Å²) in [5.41, 5.74) is 3.92. The van der Waals surface area contributed by atoms with Crippen LogP contribution in [0.1, 0.15) is 24.5 Å². The lowest BCUT2D eigenvalue weighted by atomic mass is 10.1. The molecule has 0 saturated carbocycles. The molecule has 0 aliphatic heterocycles. The van der Waals surface area contributed by atoms with Gasteiger partial charge in [-0.3, -0.25) is 0 Å². The summed E-state index contributed by atoms with van der Waals surface area (Å²) < 4.78 is 5.65. The maximum atomic E-state index is 5.65. The molecule has 0 heterocycles. The number of rotatable bonds is 7. The molecule has 2 nitrogen and oxygen atoms in total. The molecule has 0 aromatic heterocycles. The van der Waals surface area contributed by atoms with Crippen LogP contribution in [0.25, 0.3) is 0 Å². The average molecular weight is 254 g/mol. The third-order valence-electron chi connectivity index (χ3n) is 2.38. The van der Waals surface area contributed by atoms with Crippen LogP contribution in [-0.4, -0.2) is 13.2 Å². The average Bonchev–Trinajstić information content (AvgIpc) is 2.32. The molecule has 1 N–H and O–H groups in total. The Morgan fingerprint density at radius 2 is 2.24 bits per heavy atom. The van der Waals surface area contributed by atoms with Crippen molar-refractivity contribution in [1.82, 2.24) is 5.32 Å². The molecule has 17 heavy (non-hydrogen) atoms. The van der Waals surface area contributed by atoms with Crippen LogP contribution in [-0.2, 0) is 6.54 Å². The second-order valence-corrected chi connectivity index (χ2v) is 4.21. The number of benzene rings is 1. The Hall–Kier alpha value is -0.990. The van der Waals surface area contributed by atoms with Crippen molar-refractivity contribution >= 4 is 11.6 Å². The normalized spacial score (nSPS) is 11.0. The highest BCUT2D eigenvalue weighted by Crippen LogP contribution is 2.20. The van der Waals surface area contributed by atoms with Gasteiger partial charge in [0.1, 0.15) is 12.4 Å². The van der Waals surface area contributed by atoms with Crippen LogP contribution in [0.4, 0.5) is 0 Å². The van der Waals surface area contributed by atoms with Crippen molar-refractivity contribution in [3.05, 3.63) is 40.9 Å². The van der Waals surface area contributed by atoms with Gasteiger partial charge in [-0.2, -0.15) is 0 Å². The molecule has 0 atom stereocenters. The minimum absolute atomic E-state index is 0.507. The number of nitrogens with one attached hydrogen (secondary N) is 1. The fourth-order valence-corrected chi connectivity index (χ4v) is 1.63. The molecule has 0 amide bonds. The first kappa shape index (κ1) is 14.1. The largest absolute Gasteiger partial charge is 0.489 e. The highest BCUT2D eigenvalue weighted by atomic mass is 35.5. The first-order valence-electron chi connectivity index (χ1n) is 5.96. The number of halogens is 1. The van der Waals surface area contributed by atoms with Crippen LogP contribution in [0.15, 0.2) is 29.8 Å². The van der Waals surface area contributed by atoms with Crippen LogP contribution in [0.5, 0.6) is 5.75 Å². The Labute approximate surface area is 109 Å². The van der Waals surface area contributed by atoms with Crippen LogP contribution in [0.2, 0.25) is 0 Å². The fourth-order valence-electron chi connectivity index (χ4n) is 1.56. The van der Waals surface area contributed by atoms with E-state index in [4.69, 9.17) is 16.3 Å². The van der Waals surface area contributed by atoms with E-state index in [1.54, 1.807) is 6.08 Å². The lowest BCUT2D eigenvalue weighted by molar-refractivity contribution is 0.357. The van der Waals surface area contributed by atoms with Gasteiger partial charge in [0.05, 0.1) is 0 Å². The highest BCUT2D eigenvalue weighted by Gasteiger charge is 2.03. The van der Waals surface area contributed by atoms with E-state index in [1.807, 2.05) is 6.07 Å². The molecule has 1 rings (SSSR count). The zero-order chi connectivity index (χ0) is 12.5. The van der Waals surface area contributed by atoms with E-state index < -0.39 is 0 Å². The molecule has 0 bridgehead atoms. The van der Waals surface area contributed by atoms with E-state index in [0.717, 1.165) is 25.3 Å². The Kier molecular flexibility index (Phi) is 6.75. The van der Waals surface area contributed by atoms with Crippen molar-refractivity contribution in [3.63, 3.8) is 0 Å². The Balaban J connectivity index is 2.65. The van der Waals surface area contributed by atoms with Crippen molar-refractivity contribution in [2.24, 2.45) is 0 Å². The van der Waals surface area contributed by atoms with Crippen molar-refractivity contribution in [2.45, 2.75) is 26.8 Å². The van der Waals surface area contributed by atoms with Crippen molar-refractivity contribution in [2.75, 3.05) is 13.2 Å². The van der Waals surface area contributed by atoms with Gasteiger partial charge in [-0.15, -0.1) is 0 Å². The summed E-state index contributed by atoms with van der Waals surface area (Å²) in [5, 5.41) is 3.39. The predicted octanol–water partition coefficient (Wildman–Crippen LogP) is 3.63. The number of ether oxygens (including phenoxy) is 1. The summed E-state index contributed by atoms with van der Waals surface area (Å²) in [7, 11) is 0. The molecule has 94 valence electrons. The van der Waals surface area contributed by atoms with E-state index in [2.05, 4.69) is 31.3 Å². The minimum Gasteiger partial charge on any atom is -0.489 e. The molecular weight excluding hydrogens is 234 g/mol. The second kappa shape index (κ2) is 8.15. The van der Waals surface area contributed by atoms with E-state index in [-0.39, 0.29) is 0 Å². The third-order valence-corrected chi connectivity index (χ3v) is 2.56. The van der Waals surface area contributed by atoms with Gasteiger partial charge >= 0.3 is 0 Å². The van der Waals surface area contributed by atoms with Crippen molar-refractivity contribution < 1.29 is 4.74 Å². The van der Waals surface area contributed by atoms with Gasteiger partial charge in [0.15, 0.2) is 0 Å². The smallest absolute Gasteiger partial charge is 0.124 e. The molecular formula is C14H20ClNO. The van der Waals surface area contributed by atoms with E-state index in [1.165, 1.54) is 16.7 Å². The summed E-state index contributed by atoms with van der Waals surface area (Å²) in [6.07, 6.45) is 2.92. The maximum absolute atomic E-state index is 5.65. The lowest BCUT2D eigenvalue weighted by Gasteiger charge is -2.11. The molecule has 0 aliphatic carbocycles. The van der Waals surface area contributed by atoms with Crippen LogP contribution in [0, 0.1) is 6.92 Å². The van der Waals surface area contributed by atoms with E-state index in [9.17, 15) is 0 Å². The molecule has 0 radical (unpaired) electrons. The lowest BCUT2D eigenvalue weighted by Crippen LogP contribution is -2.14. The Bertz CT molecular complexity index is 363. The topological polar surface area (TPSA) is 21.3 Å². The van der Waals surface area contributed by atoms with Gasteiger partial charge in [-0.25, -0.2) is 0 Å². The molecule has 0 fully saturated rings. The second-order valence-electron chi connectivity index (χ2n) is 3.96. The van der Waals surface area contributed by atoms with Gasteiger partial charge in [0, 0.05) is 17.6 Å². The first-order valence-corrected chi connectivity index (χ1v) is 6.39. The highest BCUT2D eigenvalue weighted by molar-refractivity contribution is 6.25. The zero-order valence-electron chi connectivity index (χ0n) is 10.5. The molecule has 0 spiro atoms. The SMILES string of the molecule is CCCNCc1cc(C)ccc1OC/C=C/Cl. The molecule has 1 aromatic carbocycles. The quantitative estimate of drug-likeness (QED) is 0.750. The van der Waals surface area contributed by atoms with Gasteiger partial charge in [0.25, 0.3) is 0 Å². The molecule has 0 saturated heterocycles. The molecule has 1 aromatic rings. The number of hydrogen-bond acceptors (Lipinski definition) is 2. The predicted molar refractivity (Wildman–Crippen MR) is 73.7 cm³/mol. The summed E-state index contributed by atoms with van der Waals surface area (Å²) >= 11 is 5.46. The molecule has 0 aliphatic rings. The van der Waals surface area contributed by atoms with Crippen molar-refractivity contribution in [1.29, 1.82) is 0 Å². The minimum atomic E-state index is 0.507. The molecule has 3 heteroatoms. The molecule has 0 unspecified atom stereocenters. The fraction of sp³-hybridized carbons (Fsp3) is 0.429.